The lowest BCUT2D eigenvalue weighted by molar-refractivity contribution is -0.141. The molecular weight excluding hydrogens is 304 g/mol. The van der Waals surface area contributed by atoms with Crippen LogP contribution < -0.4 is 0 Å². The van der Waals surface area contributed by atoms with Crippen LogP contribution in [0.2, 0.25) is 0 Å². The standard InChI is InChI=1S/C19H24N2O3/c1-3-16-15(14-8-4-5-9-17(14)24-16)12-20(2)19(23)13-21-11-7-6-10-18(21)22/h4-5,8-9H,3,6-7,10-13H2,1-2H3. The van der Waals surface area contributed by atoms with E-state index in [1.165, 1.54) is 0 Å². The minimum atomic E-state index is -0.0300. The van der Waals surface area contributed by atoms with Gasteiger partial charge in [-0.1, -0.05) is 25.1 Å². The predicted molar refractivity (Wildman–Crippen MR) is 92.5 cm³/mol. The molecule has 5 heteroatoms. The SMILES string of the molecule is CCc1oc2ccccc2c1CN(C)C(=O)CN1CCCCC1=O. The van der Waals surface area contributed by atoms with Crippen LogP contribution in [0.25, 0.3) is 11.0 Å². The summed E-state index contributed by atoms with van der Waals surface area (Å²) in [6.07, 6.45) is 3.26. The van der Waals surface area contributed by atoms with Gasteiger partial charge < -0.3 is 14.2 Å². The molecule has 0 unspecified atom stereocenters. The molecule has 1 aliphatic heterocycles. The van der Waals surface area contributed by atoms with Crippen molar-refractivity contribution in [2.24, 2.45) is 0 Å². The van der Waals surface area contributed by atoms with Gasteiger partial charge in [-0.2, -0.15) is 0 Å². The summed E-state index contributed by atoms with van der Waals surface area (Å²) in [5, 5.41) is 1.06. The summed E-state index contributed by atoms with van der Waals surface area (Å²) >= 11 is 0. The zero-order valence-corrected chi connectivity index (χ0v) is 14.4. The fraction of sp³-hybridized carbons (Fsp3) is 0.474. The van der Waals surface area contributed by atoms with Crippen molar-refractivity contribution in [3.8, 4) is 0 Å². The molecule has 0 atom stereocenters. The molecule has 0 bridgehead atoms. The Morgan fingerprint density at radius 3 is 2.83 bits per heavy atom. The van der Waals surface area contributed by atoms with Crippen LogP contribution in [0.1, 0.15) is 37.5 Å². The lowest BCUT2D eigenvalue weighted by Crippen LogP contribution is -2.43. The van der Waals surface area contributed by atoms with E-state index in [0.29, 0.717) is 19.5 Å². The Labute approximate surface area is 142 Å². The van der Waals surface area contributed by atoms with Crippen molar-refractivity contribution in [1.82, 2.24) is 9.80 Å². The van der Waals surface area contributed by atoms with Crippen LogP contribution in [0.15, 0.2) is 28.7 Å². The van der Waals surface area contributed by atoms with Gasteiger partial charge in [-0.05, 0) is 18.9 Å². The Kier molecular flexibility index (Phi) is 4.88. The lowest BCUT2D eigenvalue weighted by atomic mass is 10.1. The minimum absolute atomic E-state index is 0.0300. The maximum atomic E-state index is 12.5. The number of hydrogen-bond donors (Lipinski definition) is 0. The van der Waals surface area contributed by atoms with Crippen molar-refractivity contribution in [3.63, 3.8) is 0 Å². The Hall–Kier alpha value is -2.30. The number of benzene rings is 1. The first-order chi connectivity index (χ1) is 11.6. The Balaban J connectivity index is 1.73. The van der Waals surface area contributed by atoms with Crippen LogP contribution in [0.5, 0.6) is 0 Å². The molecule has 3 rings (SSSR count). The second-order valence-electron chi connectivity index (χ2n) is 6.38. The highest BCUT2D eigenvalue weighted by Crippen LogP contribution is 2.27. The molecule has 0 N–H and O–H groups in total. The third-order valence-electron chi connectivity index (χ3n) is 4.67. The molecule has 0 spiro atoms. The molecule has 1 fully saturated rings. The van der Waals surface area contributed by atoms with Gasteiger partial charge in [-0.3, -0.25) is 9.59 Å². The van der Waals surface area contributed by atoms with Crippen molar-refractivity contribution in [1.29, 1.82) is 0 Å². The van der Waals surface area contributed by atoms with E-state index in [-0.39, 0.29) is 18.4 Å². The third kappa shape index (κ3) is 3.30. The average molecular weight is 328 g/mol. The smallest absolute Gasteiger partial charge is 0.242 e. The van der Waals surface area contributed by atoms with Crippen LogP contribution in [-0.4, -0.2) is 41.8 Å². The number of fused-ring (bicyclic) bond motifs is 1. The van der Waals surface area contributed by atoms with Crippen LogP contribution >= 0.6 is 0 Å². The second kappa shape index (κ2) is 7.07. The number of likely N-dealkylation sites (N-methyl/N-ethyl adjacent to an activating group) is 1. The summed E-state index contributed by atoms with van der Waals surface area (Å²) in [4.78, 5) is 27.8. The molecule has 0 saturated carbocycles. The molecule has 1 aromatic heterocycles. The largest absolute Gasteiger partial charge is 0.461 e. The van der Waals surface area contributed by atoms with Gasteiger partial charge >= 0.3 is 0 Å². The van der Waals surface area contributed by atoms with E-state index in [0.717, 1.165) is 41.6 Å². The average Bonchev–Trinajstić information content (AvgIpc) is 2.94. The second-order valence-corrected chi connectivity index (χ2v) is 6.38. The Bertz CT molecular complexity index is 750. The van der Waals surface area contributed by atoms with Gasteiger partial charge in [0.1, 0.15) is 11.3 Å². The molecule has 128 valence electrons. The molecule has 2 amide bonds. The molecule has 1 aromatic carbocycles. The summed E-state index contributed by atoms with van der Waals surface area (Å²) in [6, 6.07) is 7.91. The van der Waals surface area contributed by atoms with Gasteiger partial charge in [-0.15, -0.1) is 0 Å². The summed E-state index contributed by atoms with van der Waals surface area (Å²) in [6.45, 7) is 3.41. The van der Waals surface area contributed by atoms with Crippen molar-refractivity contribution in [2.75, 3.05) is 20.1 Å². The van der Waals surface area contributed by atoms with Crippen molar-refractivity contribution >= 4 is 22.8 Å². The Morgan fingerprint density at radius 2 is 2.08 bits per heavy atom. The molecule has 2 heterocycles. The first-order valence-corrected chi connectivity index (χ1v) is 8.61. The van der Waals surface area contributed by atoms with Crippen LogP contribution in [0.3, 0.4) is 0 Å². The maximum absolute atomic E-state index is 12.5. The van der Waals surface area contributed by atoms with Gasteiger partial charge in [0.25, 0.3) is 0 Å². The van der Waals surface area contributed by atoms with Gasteiger partial charge in [0, 0.05) is 43.9 Å². The zero-order valence-electron chi connectivity index (χ0n) is 14.4. The fourth-order valence-electron chi connectivity index (χ4n) is 3.25. The van der Waals surface area contributed by atoms with Crippen molar-refractivity contribution in [3.05, 3.63) is 35.6 Å². The number of para-hydroxylation sites is 1. The predicted octanol–water partition coefficient (Wildman–Crippen LogP) is 2.97. The van der Waals surface area contributed by atoms with Gasteiger partial charge in [-0.25, -0.2) is 0 Å². The number of nitrogens with zero attached hydrogens (tertiary/aromatic N) is 2. The summed E-state index contributed by atoms with van der Waals surface area (Å²) in [7, 11) is 1.79. The molecule has 24 heavy (non-hydrogen) atoms. The number of rotatable bonds is 5. The fourth-order valence-corrected chi connectivity index (χ4v) is 3.25. The van der Waals surface area contributed by atoms with E-state index in [1.807, 2.05) is 24.3 Å². The molecular formula is C19H24N2O3. The number of piperidine rings is 1. The molecule has 5 nitrogen and oxygen atoms in total. The first-order valence-electron chi connectivity index (χ1n) is 8.61. The highest BCUT2D eigenvalue weighted by atomic mass is 16.3. The molecule has 2 aromatic rings. The van der Waals surface area contributed by atoms with E-state index < -0.39 is 0 Å². The number of hydrogen-bond acceptors (Lipinski definition) is 3. The lowest BCUT2D eigenvalue weighted by Gasteiger charge is -2.28. The summed E-state index contributed by atoms with van der Waals surface area (Å²) in [5.41, 5.74) is 1.92. The quantitative estimate of drug-likeness (QED) is 0.848. The number of likely N-dealkylation sites (tertiary alicyclic amines) is 1. The van der Waals surface area contributed by atoms with Crippen LogP contribution in [0.4, 0.5) is 0 Å². The van der Waals surface area contributed by atoms with Crippen molar-refractivity contribution < 1.29 is 14.0 Å². The van der Waals surface area contributed by atoms with E-state index in [9.17, 15) is 9.59 Å². The van der Waals surface area contributed by atoms with Crippen LogP contribution in [0, 0.1) is 0 Å². The highest BCUT2D eigenvalue weighted by molar-refractivity contribution is 5.86. The normalized spacial score (nSPS) is 15.1. The summed E-state index contributed by atoms with van der Waals surface area (Å²) < 4.78 is 5.89. The Morgan fingerprint density at radius 1 is 1.29 bits per heavy atom. The number of amides is 2. The van der Waals surface area contributed by atoms with Crippen LogP contribution in [-0.2, 0) is 22.6 Å². The number of aryl methyl sites for hydroxylation is 1. The molecule has 1 aliphatic rings. The number of carbonyl (C=O) groups excluding carboxylic acids is 2. The van der Waals surface area contributed by atoms with E-state index in [1.54, 1.807) is 16.8 Å². The maximum Gasteiger partial charge on any atom is 0.242 e. The van der Waals surface area contributed by atoms with E-state index in [4.69, 9.17) is 4.42 Å². The van der Waals surface area contributed by atoms with Gasteiger partial charge in [0.15, 0.2) is 0 Å². The van der Waals surface area contributed by atoms with E-state index >= 15 is 0 Å². The van der Waals surface area contributed by atoms with Crippen molar-refractivity contribution in [2.45, 2.75) is 39.2 Å². The molecule has 0 radical (unpaired) electrons. The topological polar surface area (TPSA) is 53.8 Å². The third-order valence-corrected chi connectivity index (χ3v) is 4.67. The molecule has 1 saturated heterocycles. The minimum Gasteiger partial charge on any atom is -0.461 e. The van der Waals surface area contributed by atoms with Gasteiger partial charge in [0.2, 0.25) is 11.8 Å². The van der Waals surface area contributed by atoms with E-state index in [2.05, 4.69) is 6.92 Å². The van der Waals surface area contributed by atoms with Gasteiger partial charge in [0.05, 0.1) is 6.54 Å². The number of furan rings is 1. The first kappa shape index (κ1) is 16.6. The highest BCUT2D eigenvalue weighted by Gasteiger charge is 2.23. The zero-order chi connectivity index (χ0) is 17.1. The monoisotopic (exact) mass is 328 g/mol. The number of carbonyl (C=O) groups is 2. The molecule has 0 aliphatic carbocycles. The summed E-state index contributed by atoms with van der Waals surface area (Å²) in [5.74, 6) is 0.980.